The van der Waals surface area contributed by atoms with Gasteiger partial charge < -0.3 is 10.2 Å². The molecule has 0 saturated carbocycles. The van der Waals surface area contributed by atoms with Crippen molar-refractivity contribution in [3.05, 3.63) is 68.0 Å². The molecule has 0 spiro atoms. The third-order valence-corrected chi connectivity index (χ3v) is 7.07. The zero-order valence-corrected chi connectivity index (χ0v) is 22.2. The molecular formula is C28H35N5O4. The van der Waals surface area contributed by atoms with E-state index in [1.54, 1.807) is 13.1 Å². The van der Waals surface area contributed by atoms with E-state index in [9.17, 15) is 14.6 Å². The Balaban J connectivity index is 1.91. The fourth-order valence-electron chi connectivity index (χ4n) is 5.28. The number of carbonyl (C=O) groups is 1. The van der Waals surface area contributed by atoms with Gasteiger partial charge in [0.15, 0.2) is 11.8 Å². The Kier molecular flexibility index (Phi) is 8.14. The van der Waals surface area contributed by atoms with E-state index in [0.29, 0.717) is 29.0 Å². The van der Waals surface area contributed by atoms with Crippen LogP contribution in [0.2, 0.25) is 0 Å². The summed E-state index contributed by atoms with van der Waals surface area (Å²) in [5.74, 6) is 0.165. The molecule has 1 amide bonds. The van der Waals surface area contributed by atoms with Crippen molar-refractivity contribution in [1.82, 2.24) is 15.3 Å². The molecule has 4 rings (SSSR count). The summed E-state index contributed by atoms with van der Waals surface area (Å²) >= 11 is 0. The van der Waals surface area contributed by atoms with Crippen molar-refractivity contribution >= 4 is 28.6 Å². The Morgan fingerprint density at radius 3 is 2.51 bits per heavy atom. The summed E-state index contributed by atoms with van der Waals surface area (Å²) in [6.45, 7) is 11.4. The highest BCUT2D eigenvalue weighted by molar-refractivity contribution is 6.05. The molecule has 2 aliphatic rings. The number of nitroso groups, excluding NO2 is 2. The second kappa shape index (κ2) is 11.3. The zero-order valence-electron chi connectivity index (χ0n) is 22.2. The van der Waals surface area contributed by atoms with Crippen LogP contribution in [0, 0.1) is 9.81 Å². The van der Waals surface area contributed by atoms with Crippen LogP contribution in [0.4, 0.5) is 11.4 Å². The van der Waals surface area contributed by atoms with Crippen LogP contribution in [-0.4, -0.2) is 48.6 Å². The summed E-state index contributed by atoms with van der Waals surface area (Å²) in [5.41, 5.74) is 5.39. The number of amides is 1. The Morgan fingerprint density at radius 2 is 1.86 bits per heavy atom. The first-order chi connectivity index (χ1) is 17.8. The molecule has 1 unspecified atom stereocenters. The van der Waals surface area contributed by atoms with Crippen molar-refractivity contribution in [2.45, 2.75) is 59.0 Å². The summed E-state index contributed by atoms with van der Waals surface area (Å²) in [7, 11) is 1.70. The highest BCUT2D eigenvalue weighted by atomic mass is 16.7. The normalized spacial score (nSPS) is 18.1. The van der Waals surface area contributed by atoms with Gasteiger partial charge in [0.1, 0.15) is 11.4 Å². The van der Waals surface area contributed by atoms with Crippen molar-refractivity contribution in [2.75, 3.05) is 26.7 Å². The Hall–Kier alpha value is -3.43. The molecule has 1 N–H and O–H groups in total. The zero-order chi connectivity index (χ0) is 26.7. The fraction of sp³-hybridized carbons (Fsp3) is 0.464. The minimum Gasteiger partial charge on any atom is -0.404 e. The highest BCUT2D eigenvalue weighted by Gasteiger charge is 2.40. The van der Waals surface area contributed by atoms with Crippen LogP contribution in [0.5, 0.6) is 0 Å². The molecule has 9 heteroatoms. The number of fused-ring (bicyclic) bond motifs is 1. The number of hydroxylamine groups is 2. The summed E-state index contributed by atoms with van der Waals surface area (Å²) in [5, 5.41) is 10.7. The molecule has 2 aliphatic heterocycles. The number of rotatable bonds is 9. The number of benzene rings is 2. The van der Waals surface area contributed by atoms with E-state index in [4.69, 9.17) is 4.84 Å². The minimum atomic E-state index is -0.723. The predicted molar refractivity (Wildman–Crippen MR) is 145 cm³/mol. The van der Waals surface area contributed by atoms with Gasteiger partial charge >= 0.3 is 0 Å². The number of hydrogen-bond acceptors (Lipinski definition) is 8. The van der Waals surface area contributed by atoms with Crippen molar-refractivity contribution in [1.29, 1.82) is 0 Å². The quantitative estimate of drug-likeness (QED) is 0.444. The number of hydrogen-bond donors (Lipinski definition) is 1. The molecule has 2 aromatic carbocycles. The molecule has 0 saturated heterocycles. The molecule has 2 heterocycles. The van der Waals surface area contributed by atoms with Gasteiger partial charge in [0.25, 0.3) is 0 Å². The van der Waals surface area contributed by atoms with Crippen LogP contribution < -0.4 is 5.32 Å². The van der Waals surface area contributed by atoms with Crippen LogP contribution in [-0.2, 0) is 22.6 Å². The summed E-state index contributed by atoms with van der Waals surface area (Å²) < 4.78 is 0. The van der Waals surface area contributed by atoms with E-state index in [2.05, 4.69) is 39.6 Å². The molecule has 0 fully saturated rings. The standard InChI is InChI=1S/C28H35N5O4/c1-6-11-33-12-10-18-13-19(8-9-20(18)16-33)25-26(28(34)29-7-2)32(5)37-27(25)22-14-21(17(3)4)23(30-35)15-24(22)31-36/h8-9,13-15,17,26H,6-7,10-12,16H2,1-5H3,(H,29,34). The topological polar surface area (TPSA) is 104 Å². The Labute approximate surface area is 217 Å². The average molecular weight is 506 g/mol. The number of carbonyl (C=O) groups excluding carboxylic acids is 1. The number of likely N-dealkylation sites (N-methyl/N-ethyl adjacent to an activating group) is 2. The third-order valence-electron chi connectivity index (χ3n) is 7.07. The van der Waals surface area contributed by atoms with E-state index in [-0.39, 0.29) is 23.2 Å². The third kappa shape index (κ3) is 5.19. The first-order valence-electron chi connectivity index (χ1n) is 12.9. The number of nitrogens with one attached hydrogen (secondary N) is 1. The van der Waals surface area contributed by atoms with E-state index >= 15 is 0 Å². The predicted octanol–water partition coefficient (Wildman–Crippen LogP) is 5.62. The van der Waals surface area contributed by atoms with Gasteiger partial charge in [-0.05, 0) is 77.0 Å². The lowest BCUT2D eigenvalue weighted by Crippen LogP contribution is -2.42. The smallest absolute Gasteiger partial charge is 0.245 e. The van der Waals surface area contributed by atoms with Crippen LogP contribution in [0.15, 0.2) is 40.7 Å². The maximum absolute atomic E-state index is 13.2. The van der Waals surface area contributed by atoms with Gasteiger partial charge in [-0.3, -0.25) is 9.69 Å². The Bertz CT molecular complexity index is 1240. The van der Waals surface area contributed by atoms with E-state index in [1.807, 2.05) is 26.8 Å². The second-order valence-electron chi connectivity index (χ2n) is 9.95. The van der Waals surface area contributed by atoms with Gasteiger partial charge in [0.2, 0.25) is 5.91 Å². The molecular weight excluding hydrogens is 470 g/mol. The van der Waals surface area contributed by atoms with Crippen LogP contribution in [0.3, 0.4) is 0 Å². The van der Waals surface area contributed by atoms with E-state index < -0.39 is 6.04 Å². The largest absolute Gasteiger partial charge is 0.404 e. The Morgan fingerprint density at radius 1 is 1.11 bits per heavy atom. The van der Waals surface area contributed by atoms with Crippen molar-refractivity contribution < 1.29 is 9.63 Å². The molecule has 9 nitrogen and oxygen atoms in total. The van der Waals surface area contributed by atoms with E-state index in [0.717, 1.165) is 38.0 Å². The minimum absolute atomic E-state index is 0.0238. The van der Waals surface area contributed by atoms with Gasteiger partial charge in [-0.1, -0.05) is 39.0 Å². The van der Waals surface area contributed by atoms with Crippen molar-refractivity contribution in [3.8, 4) is 0 Å². The SMILES string of the molecule is CCCN1CCc2cc(C3=C(c4cc(C(C)C)c(N=O)cc4N=O)ON(C)C3C(=O)NCC)ccc2C1. The lowest BCUT2D eigenvalue weighted by Gasteiger charge is -2.29. The molecule has 0 aromatic heterocycles. The number of nitrogens with zero attached hydrogens (tertiary/aromatic N) is 4. The lowest BCUT2D eigenvalue weighted by atomic mass is 9.88. The first kappa shape index (κ1) is 26.6. The summed E-state index contributed by atoms with van der Waals surface area (Å²) in [6.07, 6.45) is 2.04. The van der Waals surface area contributed by atoms with E-state index in [1.165, 1.54) is 22.3 Å². The van der Waals surface area contributed by atoms with Crippen LogP contribution in [0.1, 0.15) is 67.9 Å². The first-order valence-corrected chi connectivity index (χ1v) is 12.9. The highest BCUT2D eigenvalue weighted by Crippen LogP contribution is 2.45. The lowest BCUT2D eigenvalue weighted by molar-refractivity contribution is -0.135. The molecule has 1 atom stereocenters. The van der Waals surface area contributed by atoms with Gasteiger partial charge in [0, 0.05) is 37.8 Å². The molecule has 196 valence electrons. The molecule has 0 aliphatic carbocycles. The monoisotopic (exact) mass is 505 g/mol. The molecule has 37 heavy (non-hydrogen) atoms. The maximum Gasteiger partial charge on any atom is 0.245 e. The summed E-state index contributed by atoms with van der Waals surface area (Å²) in [6, 6.07) is 8.70. The fourth-order valence-corrected chi connectivity index (χ4v) is 5.28. The van der Waals surface area contributed by atoms with Gasteiger partial charge in [0.05, 0.1) is 0 Å². The molecule has 2 aromatic rings. The van der Waals surface area contributed by atoms with Gasteiger partial charge in [-0.15, -0.1) is 14.9 Å². The van der Waals surface area contributed by atoms with Crippen LogP contribution in [0.25, 0.3) is 11.3 Å². The summed E-state index contributed by atoms with van der Waals surface area (Å²) in [4.78, 5) is 45.2. The molecule has 0 radical (unpaired) electrons. The molecule has 0 bridgehead atoms. The maximum atomic E-state index is 13.2. The van der Waals surface area contributed by atoms with Crippen LogP contribution >= 0.6 is 0 Å². The van der Waals surface area contributed by atoms with Crippen molar-refractivity contribution in [2.24, 2.45) is 10.4 Å². The van der Waals surface area contributed by atoms with Crippen molar-refractivity contribution in [3.63, 3.8) is 0 Å². The second-order valence-corrected chi connectivity index (χ2v) is 9.95. The average Bonchev–Trinajstić information content (AvgIpc) is 3.24. The van der Waals surface area contributed by atoms with Gasteiger partial charge in [-0.2, -0.15) is 0 Å². The van der Waals surface area contributed by atoms with Gasteiger partial charge in [-0.25, -0.2) is 0 Å².